The van der Waals surface area contributed by atoms with Gasteiger partial charge in [0.05, 0.1) is 6.10 Å². The van der Waals surface area contributed by atoms with Crippen molar-refractivity contribution >= 4 is 12.0 Å². The number of nitrogens with zero attached hydrogens (tertiary/aromatic N) is 1. The van der Waals surface area contributed by atoms with Gasteiger partial charge < -0.3 is 20.4 Å². The number of carbonyl (C=O) groups is 2. The molecule has 0 saturated carbocycles. The maximum Gasteiger partial charge on any atom is 0.317 e. The molecule has 0 aromatic rings. The molecule has 1 rings (SSSR count). The summed E-state index contributed by atoms with van der Waals surface area (Å²) in [5.74, 6) is -0.559. The summed E-state index contributed by atoms with van der Waals surface area (Å²) in [6, 6.07) is -0.0568. The molecular weight excluding hydrogens is 260 g/mol. The van der Waals surface area contributed by atoms with Crippen LogP contribution in [0.3, 0.4) is 0 Å². The lowest BCUT2D eigenvalue weighted by Crippen LogP contribution is -2.39. The largest absolute Gasteiger partial charge is 0.481 e. The van der Waals surface area contributed by atoms with Crippen molar-refractivity contribution < 1.29 is 19.8 Å². The van der Waals surface area contributed by atoms with Crippen LogP contribution in [0.4, 0.5) is 4.79 Å². The van der Waals surface area contributed by atoms with E-state index in [9.17, 15) is 14.7 Å². The van der Waals surface area contributed by atoms with Crippen LogP contribution in [0, 0.1) is 5.92 Å². The van der Waals surface area contributed by atoms with Gasteiger partial charge in [-0.05, 0) is 26.2 Å². The van der Waals surface area contributed by atoms with Crippen molar-refractivity contribution in [3.63, 3.8) is 0 Å². The van der Waals surface area contributed by atoms with Gasteiger partial charge in [0.25, 0.3) is 0 Å². The van der Waals surface area contributed by atoms with Crippen molar-refractivity contribution in [1.82, 2.24) is 10.2 Å². The Balaban J connectivity index is 2.02. The highest BCUT2D eigenvalue weighted by Gasteiger charge is 2.28. The predicted molar refractivity (Wildman–Crippen MR) is 75.5 cm³/mol. The van der Waals surface area contributed by atoms with Gasteiger partial charge in [0.2, 0.25) is 0 Å². The first kappa shape index (κ1) is 16.8. The third kappa shape index (κ3) is 6.23. The molecule has 20 heavy (non-hydrogen) atoms. The lowest BCUT2D eigenvalue weighted by Gasteiger charge is -2.18. The molecule has 1 heterocycles. The smallest absolute Gasteiger partial charge is 0.317 e. The van der Waals surface area contributed by atoms with Gasteiger partial charge in [0, 0.05) is 32.0 Å². The van der Waals surface area contributed by atoms with Crippen molar-refractivity contribution in [3.05, 3.63) is 0 Å². The number of hydrogen-bond acceptors (Lipinski definition) is 3. The van der Waals surface area contributed by atoms with Crippen LogP contribution in [0.2, 0.25) is 0 Å². The summed E-state index contributed by atoms with van der Waals surface area (Å²) >= 11 is 0. The minimum Gasteiger partial charge on any atom is -0.481 e. The fraction of sp³-hybridized carbons (Fsp3) is 0.857. The molecule has 2 unspecified atom stereocenters. The molecule has 0 aliphatic carbocycles. The number of urea groups is 1. The molecule has 0 radical (unpaired) electrons. The van der Waals surface area contributed by atoms with Gasteiger partial charge in [-0.1, -0.05) is 12.8 Å². The van der Waals surface area contributed by atoms with E-state index >= 15 is 0 Å². The summed E-state index contributed by atoms with van der Waals surface area (Å²) in [4.78, 5) is 23.9. The number of carboxylic acid groups (broad SMARTS) is 1. The van der Waals surface area contributed by atoms with Gasteiger partial charge in [-0.2, -0.15) is 0 Å². The first-order chi connectivity index (χ1) is 9.50. The number of nitrogens with one attached hydrogen (secondary N) is 1. The van der Waals surface area contributed by atoms with Crippen molar-refractivity contribution in [2.45, 2.75) is 51.6 Å². The van der Waals surface area contributed by atoms with Crippen LogP contribution in [0.5, 0.6) is 0 Å². The maximum atomic E-state index is 11.8. The van der Waals surface area contributed by atoms with Crippen LogP contribution >= 0.6 is 0 Å². The molecule has 2 amide bonds. The summed E-state index contributed by atoms with van der Waals surface area (Å²) in [5, 5.41) is 20.9. The monoisotopic (exact) mass is 286 g/mol. The molecule has 0 aromatic carbocycles. The zero-order valence-electron chi connectivity index (χ0n) is 12.2. The summed E-state index contributed by atoms with van der Waals surface area (Å²) in [6.45, 7) is 3.73. The SMILES string of the molecule is CC(O)C1CCN(C(=O)NCCCCCCC(=O)O)C1. The summed E-state index contributed by atoms with van der Waals surface area (Å²) < 4.78 is 0. The number of amides is 2. The lowest BCUT2D eigenvalue weighted by atomic mass is 10.0. The Morgan fingerprint density at radius 2 is 2.00 bits per heavy atom. The Bertz CT molecular complexity index is 320. The maximum absolute atomic E-state index is 11.8. The van der Waals surface area contributed by atoms with E-state index in [0.29, 0.717) is 26.1 Å². The normalized spacial score (nSPS) is 19.9. The fourth-order valence-electron chi connectivity index (χ4n) is 2.43. The molecule has 1 aliphatic heterocycles. The average Bonchev–Trinajstić information content (AvgIpc) is 2.86. The van der Waals surface area contributed by atoms with E-state index in [1.54, 1.807) is 11.8 Å². The number of likely N-dealkylation sites (tertiary alicyclic amines) is 1. The Hall–Kier alpha value is -1.30. The number of aliphatic hydroxyl groups excluding tert-OH is 1. The standard InChI is InChI=1S/C14H26N2O4/c1-11(17)12-7-9-16(10-12)14(20)15-8-5-3-2-4-6-13(18)19/h11-12,17H,2-10H2,1H3,(H,15,20)(H,18,19). The Morgan fingerprint density at radius 3 is 2.60 bits per heavy atom. The van der Waals surface area contributed by atoms with Crippen LogP contribution in [-0.4, -0.2) is 52.9 Å². The minimum absolute atomic E-state index is 0.0568. The molecule has 1 saturated heterocycles. The van der Waals surface area contributed by atoms with E-state index in [1.165, 1.54) is 0 Å². The van der Waals surface area contributed by atoms with Gasteiger partial charge in [0.15, 0.2) is 0 Å². The predicted octanol–water partition coefficient (Wildman–Crippen LogP) is 1.43. The highest BCUT2D eigenvalue weighted by atomic mass is 16.4. The zero-order chi connectivity index (χ0) is 15.0. The van der Waals surface area contributed by atoms with Crippen molar-refractivity contribution in [1.29, 1.82) is 0 Å². The van der Waals surface area contributed by atoms with E-state index in [-0.39, 0.29) is 24.5 Å². The second-order valence-corrected chi connectivity index (χ2v) is 5.53. The number of carbonyl (C=O) groups excluding carboxylic acids is 1. The molecule has 0 bridgehead atoms. The molecule has 116 valence electrons. The Labute approximate surface area is 120 Å². The number of hydrogen-bond donors (Lipinski definition) is 3. The summed E-state index contributed by atoms with van der Waals surface area (Å²) in [7, 11) is 0. The molecule has 0 spiro atoms. The highest BCUT2D eigenvalue weighted by molar-refractivity contribution is 5.74. The molecule has 6 heteroatoms. The molecule has 6 nitrogen and oxygen atoms in total. The molecule has 3 N–H and O–H groups in total. The Kier molecular flexibility index (Phi) is 7.36. The van der Waals surface area contributed by atoms with Crippen molar-refractivity contribution in [2.75, 3.05) is 19.6 Å². The van der Waals surface area contributed by atoms with Crippen molar-refractivity contribution in [2.24, 2.45) is 5.92 Å². The molecule has 1 fully saturated rings. The van der Waals surface area contributed by atoms with Gasteiger partial charge in [-0.3, -0.25) is 4.79 Å². The van der Waals surface area contributed by atoms with Crippen LogP contribution in [0.1, 0.15) is 45.4 Å². The summed E-state index contributed by atoms with van der Waals surface area (Å²) in [6.07, 6.45) is 4.12. The topological polar surface area (TPSA) is 89.9 Å². The van der Waals surface area contributed by atoms with Gasteiger partial charge in [-0.25, -0.2) is 4.79 Å². The number of aliphatic carboxylic acids is 1. The van der Waals surface area contributed by atoms with Crippen LogP contribution < -0.4 is 5.32 Å². The lowest BCUT2D eigenvalue weighted by molar-refractivity contribution is -0.137. The quantitative estimate of drug-likeness (QED) is 0.589. The molecule has 2 atom stereocenters. The van der Waals surface area contributed by atoms with E-state index in [2.05, 4.69) is 5.32 Å². The number of rotatable bonds is 8. The third-order valence-electron chi connectivity index (χ3n) is 3.79. The molecular formula is C14H26N2O4. The highest BCUT2D eigenvalue weighted by Crippen LogP contribution is 2.19. The zero-order valence-corrected chi connectivity index (χ0v) is 12.2. The Morgan fingerprint density at radius 1 is 1.30 bits per heavy atom. The van der Waals surface area contributed by atoms with E-state index in [1.807, 2.05) is 0 Å². The van der Waals surface area contributed by atoms with Gasteiger partial charge in [-0.15, -0.1) is 0 Å². The van der Waals surface area contributed by atoms with Crippen LogP contribution in [-0.2, 0) is 4.79 Å². The first-order valence-corrected chi connectivity index (χ1v) is 7.43. The third-order valence-corrected chi connectivity index (χ3v) is 3.79. The molecule has 1 aliphatic rings. The number of aliphatic hydroxyl groups is 1. The van der Waals surface area contributed by atoms with Crippen LogP contribution in [0.15, 0.2) is 0 Å². The van der Waals surface area contributed by atoms with Gasteiger partial charge >= 0.3 is 12.0 Å². The summed E-state index contributed by atoms with van der Waals surface area (Å²) in [5.41, 5.74) is 0. The second-order valence-electron chi connectivity index (χ2n) is 5.53. The minimum atomic E-state index is -0.750. The fourth-order valence-corrected chi connectivity index (χ4v) is 2.43. The molecule has 0 aromatic heterocycles. The second kappa shape index (κ2) is 8.79. The van der Waals surface area contributed by atoms with Crippen molar-refractivity contribution in [3.8, 4) is 0 Å². The first-order valence-electron chi connectivity index (χ1n) is 7.43. The van der Waals surface area contributed by atoms with E-state index in [4.69, 9.17) is 5.11 Å². The average molecular weight is 286 g/mol. The van der Waals surface area contributed by atoms with E-state index < -0.39 is 5.97 Å². The van der Waals surface area contributed by atoms with Crippen LogP contribution in [0.25, 0.3) is 0 Å². The van der Waals surface area contributed by atoms with E-state index in [0.717, 1.165) is 25.7 Å². The number of unbranched alkanes of at least 4 members (excludes halogenated alkanes) is 3. The van der Waals surface area contributed by atoms with Gasteiger partial charge in [0.1, 0.15) is 0 Å². The number of carboxylic acids is 1.